The van der Waals surface area contributed by atoms with E-state index in [0.717, 1.165) is 18.8 Å². The van der Waals surface area contributed by atoms with Crippen LogP contribution >= 0.6 is 11.6 Å². The summed E-state index contributed by atoms with van der Waals surface area (Å²) in [6, 6.07) is 7.91. The van der Waals surface area contributed by atoms with Gasteiger partial charge in [0.1, 0.15) is 6.07 Å². The van der Waals surface area contributed by atoms with Gasteiger partial charge in [0.25, 0.3) is 0 Å². The second kappa shape index (κ2) is 5.06. The molecule has 0 bridgehead atoms. The van der Waals surface area contributed by atoms with Crippen molar-refractivity contribution in [3.8, 4) is 6.07 Å². The largest absolute Gasteiger partial charge is 0.371 e. The van der Waals surface area contributed by atoms with Gasteiger partial charge < -0.3 is 4.90 Å². The Balaban J connectivity index is 1.71. The molecule has 1 saturated carbocycles. The van der Waals surface area contributed by atoms with Gasteiger partial charge in [0, 0.05) is 18.8 Å². The van der Waals surface area contributed by atoms with Gasteiger partial charge in [-0.3, -0.25) is 0 Å². The molecule has 0 aromatic heterocycles. The maximum atomic E-state index is 8.91. The molecule has 1 aliphatic carbocycles. The Hall–Kier alpha value is -1.20. The molecule has 1 heterocycles. The van der Waals surface area contributed by atoms with Gasteiger partial charge in [-0.1, -0.05) is 24.4 Å². The van der Waals surface area contributed by atoms with Crippen LogP contribution in [0.1, 0.15) is 44.1 Å². The van der Waals surface area contributed by atoms with Crippen LogP contribution in [0.15, 0.2) is 18.2 Å². The number of nitrogens with zero attached hydrogens (tertiary/aromatic N) is 2. The van der Waals surface area contributed by atoms with Crippen molar-refractivity contribution in [1.29, 1.82) is 5.26 Å². The predicted molar refractivity (Wildman–Crippen MR) is 78.5 cm³/mol. The summed E-state index contributed by atoms with van der Waals surface area (Å²) in [5.74, 6) is 0. The summed E-state index contributed by atoms with van der Waals surface area (Å²) in [6.45, 7) is 2.25. The fourth-order valence-electron chi connectivity index (χ4n) is 3.66. The molecular weight excluding hydrogens is 256 g/mol. The molecule has 0 amide bonds. The summed E-state index contributed by atoms with van der Waals surface area (Å²) in [4.78, 5) is 2.41. The highest BCUT2D eigenvalue weighted by Crippen LogP contribution is 2.46. The molecule has 3 rings (SSSR count). The maximum Gasteiger partial charge on any atom is 0.101 e. The molecule has 2 aliphatic rings. The first-order valence-corrected chi connectivity index (χ1v) is 7.55. The Labute approximate surface area is 120 Å². The molecule has 0 unspecified atom stereocenters. The van der Waals surface area contributed by atoms with Crippen LogP contribution in [0, 0.1) is 16.7 Å². The molecule has 1 saturated heterocycles. The van der Waals surface area contributed by atoms with E-state index in [1.165, 1.54) is 38.5 Å². The standard InChI is InChI=1S/C16H19ClN2/c17-15-11-14(4-3-13(15)12-18)19-9-7-16(8-10-19)5-1-2-6-16/h3-4,11H,1-2,5-10H2. The zero-order valence-electron chi connectivity index (χ0n) is 11.2. The van der Waals surface area contributed by atoms with E-state index in [2.05, 4.69) is 11.0 Å². The molecule has 0 N–H and O–H groups in total. The third-order valence-corrected chi connectivity index (χ3v) is 5.24. The number of hydrogen-bond donors (Lipinski definition) is 0. The SMILES string of the molecule is N#Cc1ccc(N2CCC3(CCCC3)CC2)cc1Cl. The van der Waals surface area contributed by atoms with E-state index in [1.807, 2.05) is 18.2 Å². The molecule has 19 heavy (non-hydrogen) atoms. The van der Waals surface area contributed by atoms with Gasteiger partial charge in [0.2, 0.25) is 0 Å². The van der Waals surface area contributed by atoms with Crippen molar-refractivity contribution in [3.05, 3.63) is 28.8 Å². The van der Waals surface area contributed by atoms with Gasteiger partial charge in [-0.05, 0) is 49.3 Å². The first-order chi connectivity index (χ1) is 9.22. The average Bonchev–Trinajstić information content (AvgIpc) is 2.88. The van der Waals surface area contributed by atoms with Crippen LogP contribution in [-0.4, -0.2) is 13.1 Å². The molecule has 100 valence electrons. The number of anilines is 1. The fraction of sp³-hybridized carbons (Fsp3) is 0.562. The molecule has 1 spiro atoms. The topological polar surface area (TPSA) is 27.0 Å². The van der Waals surface area contributed by atoms with E-state index in [-0.39, 0.29) is 0 Å². The number of rotatable bonds is 1. The maximum absolute atomic E-state index is 8.91. The minimum Gasteiger partial charge on any atom is -0.371 e. The Bertz CT molecular complexity index is 502. The highest BCUT2D eigenvalue weighted by Gasteiger charge is 2.36. The van der Waals surface area contributed by atoms with Crippen LogP contribution < -0.4 is 4.90 Å². The van der Waals surface area contributed by atoms with E-state index >= 15 is 0 Å². The zero-order valence-corrected chi connectivity index (χ0v) is 11.9. The molecule has 0 atom stereocenters. The summed E-state index contributed by atoms with van der Waals surface area (Å²) in [5.41, 5.74) is 2.37. The minimum atomic E-state index is 0.565. The average molecular weight is 275 g/mol. The van der Waals surface area contributed by atoms with Crippen LogP contribution in [0.5, 0.6) is 0 Å². The smallest absolute Gasteiger partial charge is 0.101 e. The Kier molecular flexibility index (Phi) is 3.41. The van der Waals surface area contributed by atoms with Crippen LogP contribution in [0.4, 0.5) is 5.69 Å². The molecular formula is C16H19ClN2. The van der Waals surface area contributed by atoms with Crippen molar-refractivity contribution in [2.24, 2.45) is 5.41 Å². The van der Waals surface area contributed by atoms with Crippen LogP contribution in [0.25, 0.3) is 0 Å². The third-order valence-electron chi connectivity index (χ3n) is 4.93. The molecule has 0 radical (unpaired) electrons. The predicted octanol–water partition coefficient (Wildman–Crippen LogP) is 4.37. The Morgan fingerprint density at radius 1 is 1.11 bits per heavy atom. The lowest BCUT2D eigenvalue weighted by atomic mass is 9.77. The van der Waals surface area contributed by atoms with Gasteiger partial charge in [-0.25, -0.2) is 0 Å². The molecule has 1 aromatic rings. The van der Waals surface area contributed by atoms with Crippen LogP contribution in [-0.2, 0) is 0 Å². The number of hydrogen-bond acceptors (Lipinski definition) is 2. The molecule has 1 aromatic carbocycles. The molecule has 2 nitrogen and oxygen atoms in total. The lowest BCUT2D eigenvalue weighted by Crippen LogP contribution is -2.38. The van der Waals surface area contributed by atoms with E-state index in [9.17, 15) is 0 Å². The molecule has 3 heteroatoms. The van der Waals surface area contributed by atoms with Gasteiger partial charge >= 0.3 is 0 Å². The van der Waals surface area contributed by atoms with Crippen molar-refractivity contribution >= 4 is 17.3 Å². The summed E-state index contributed by atoms with van der Waals surface area (Å²) in [6.07, 6.45) is 8.31. The summed E-state index contributed by atoms with van der Waals surface area (Å²) < 4.78 is 0. The van der Waals surface area contributed by atoms with E-state index < -0.39 is 0 Å². The summed E-state index contributed by atoms with van der Waals surface area (Å²) >= 11 is 6.12. The minimum absolute atomic E-state index is 0.565. The van der Waals surface area contributed by atoms with Crippen molar-refractivity contribution in [1.82, 2.24) is 0 Å². The number of benzene rings is 1. The van der Waals surface area contributed by atoms with E-state index in [0.29, 0.717) is 16.0 Å². The molecule has 2 fully saturated rings. The highest BCUT2D eigenvalue weighted by molar-refractivity contribution is 6.32. The number of piperidine rings is 1. The lowest BCUT2D eigenvalue weighted by Gasteiger charge is -2.40. The Morgan fingerprint density at radius 3 is 2.37 bits per heavy atom. The van der Waals surface area contributed by atoms with Crippen molar-refractivity contribution in [2.75, 3.05) is 18.0 Å². The first-order valence-electron chi connectivity index (χ1n) is 7.17. The van der Waals surface area contributed by atoms with Gasteiger partial charge in [-0.2, -0.15) is 5.26 Å². The van der Waals surface area contributed by atoms with Crippen LogP contribution in [0.2, 0.25) is 5.02 Å². The third kappa shape index (κ3) is 2.44. The number of halogens is 1. The molecule has 1 aliphatic heterocycles. The monoisotopic (exact) mass is 274 g/mol. The Morgan fingerprint density at radius 2 is 1.79 bits per heavy atom. The van der Waals surface area contributed by atoms with Crippen LogP contribution in [0.3, 0.4) is 0 Å². The van der Waals surface area contributed by atoms with Crippen molar-refractivity contribution < 1.29 is 0 Å². The summed E-state index contributed by atoms with van der Waals surface area (Å²) in [5, 5.41) is 9.48. The van der Waals surface area contributed by atoms with E-state index in [4.69, 9.17) is 16.9 Å². The number of nitriles is 1. The van der Waals surface area contributed by atoms with E-state index in [1.54, 1.807) is 0 Å². The van der Waals surface area contributed by atoms with Gasteiger partial charge in [-0.15, -0.1) is 0 Å². The van der Waals surface area contributed by atoms with Gasteiger partial charge in [0.15, 0.2) is 0 Å². The van der Waals surface area contributed by atoms with Gasteiger partial charge in [0.05, 0.1) is 10.6 Å². The lowest BCUT2D eigenvalue weighted by molar-refractivity contribution is 0.226. The fourth-order valence-corrected chi connectivity index (χ4v) is 3.87. The second-order valence-corrected chi connectivity index (χ2v) is 6.38. The van der Waals surface area contributed by atoms with Crippen molar-refractivity contribution in [3.63, 3.8) is 0 Å². The van der Waals surface area contributed by atoms with Crippen molar-refractivity contribution in [2.45, 2.75) is 38.5 Å². The summed E-state index contributed by atoms with van der Waals surface area (Å²) in [7, 11) is 0. The zero-order chi connectivity index (χ0) is 13.3. The highest BCUT2D eigenvalue weighted by atomic mass is 35.5. The second-order valence-electron chi connectivity index (χ2n) is 5.97. The normalized spacial score (nSPS) is 21.6. The first kappa shape index (κ1) is 12.8. The quantitative estimate of drug-likeness (QED) is 0.760.